The lowest BCUT2D eigenvalue weighted by Crippen LogP contribution is -2.29. The molecule has 1 saturated carbocycles. The number of amides is 1. The predicted molar refractivity (Wildman–Crippen MR) is 72.1 cm³/mol. The fourth-order valence-electron chi connectivity index (χ4n) is 2.53. The van der Waals surface area contributed by atoms with E-state index in [0.29, 0.717) is 6.54 Å². The van der Waals surface area contributed by atoms with Gasteiger partial charge < -0.3 is 11.1 Å². The van der Waals surface area contributed by atoms with Crippen molar-refractivity contribution in [2.75, 3.05) is 11.9 Å². The van der Waals surface area contributed by atoms with Crippen molar-refractivity contribution in [2.24, 2.45) is 17.6 Å². The molecule has 0 radical (unpaired) electrons. The molecule has 19 heavy (non-hydrogen) atoms. The van der Waals surface area contributed by atoms with Crippen molar-refractivity contribution in [3.63, 3.8) is 0 Å². The van der Waals surface area contributed by atoms with E-state index >= 15 is 0 Å². The summed E-state index contributed by atoms with van der Waals surface area (Å²) in [5.74, 6) is -1.59. The van der Waals surface area contributed by atoms with Gasteiger partial charge in [0.05, 0.1) is 0 Å². The van der Waals surface area contributed by atoms with Crippen LogP contribution in [-0.4, -0.2) is 12.5 Å². The van der Waals surface area contributed by atoms with Crippen LogP contribution < -0.4 is 11.1 Å². The van der Waals surface area contributed by atoms with Crippen molar-refractivity contribution in [1.29, 1.82) is 0 Å². The minimum atomic E-state index is -0.702. The van der Waals surface area contributed by atoms with Crippen molar-refractivity contribution >= 4 is 24.0 Å². The number of nitrogens with one attached hydrogen (secondary N) is 1. The smallest absolute Gasteiger partial charge is 0.227 e. The Morgan fingerprint density at radius 3 is 2.47 bits per heavy atom. The molecule has 2 rings (SSSR count). The molecule has 1 aliphatic carbocycles. The second-order valence-corrected chi connectivity index (χ2v) is 4.68. The predicted octanol–water partition coefficient (Wildman–Crippen LogP) is 2.70. The zero-order valence-electron chi connectivity index (χ0n) is 10.4. The summed E-state index contributed by atoms with van der Waals surface area (Å²) in [5.41, 5.74) is 5.76. The van der Waals surface area contributed by atoms with Gasteiger partial charge in [-0.3, -0.25) is 4.79 Å². The fourth-order valence-corrected chi connectivity index (χ4v) is 2.53. The standard InChI is InChI=1S/C13H16F2N2O.ClH/c14-9-4-10(15)6-11(5-9)17-13(18)12-3-1-2-8(12)7-16;/h4-6,8,12H,1-3,7,16H2,(H,17,18);1H/t8-,12-;/m1./s1. The average molecular weight is 291 g/mol. The molecule has 1 aromatic carbocycles. The molecule has 0 spiro atoms. The molecule has 3 N–H and O–H groups in total. The Labute approximate surface area is 117 Å². The third kappa shape index (κ3) is 3.88. The summed E-state index contributed by atoms with van der Waals surface area (Å²) in [4.78, 5) is 12.0. The highest BCUT2D eigenvalue weighted by atomic mass is 35.5. The Morgan fingerprint density at radius 1 is 1.26 bits per heavy atom. The van der Waals surface area contributed by atoms with Crippen LogP contribution in [0.1, 0.15) is 19.3 Å². The zero-order valence-corrected chi connectivity index (χ0v) is 11.2. The molecule has 1 fully saturated rings. The first-order chi connectivity index (χ1) is 8.60. The Morgan fingerprint density at radius 2 is 1.89 bits per heavy atom. The summed E-state index contributed by atoms with van der Waals surface area (Å²) in [6, 6.07) is 2.98. The summed E-state index contributed by atoms with van der Waals surface area (Å²) < 4.78 is 26.0. The molecule has 0 saturated heterocycles. The van der Waals surface area contributed by atoms with Gasteiger partial charge in [0.25, 0.3) is 0 Å². The third-order valence-electron chi connectivity index (χ3n) is 3.43. The van der Waals surface area contributed by atoms with Crippen LogP contribution in [0.15, 0.2) is 18.2 Å². The van der Waals surface area contributed by atoms with Crippen LogP contribution in [0.5, 0.6) is 0 Å². The van der Waals surface area contributed by atoms with E-state index in [2.05, 4.69) is 5.32 Å². The van der Waals surface area contributed by atoms with E-state index in [1.165, 1.54) is 0 Å². The van der Waals surface area contributed by atoms with Gasteiger partial charge in [-0.2, -0.15) is 0 Å². The Balaban J connectivity index is 0.00000180. The summed E-state index contributed by atoms with van der Waals surface area (Å²) >= 11 is 0. The summed E-state index contributed by atoms with van der Waals surface area (Å²) in [6.07, 6.45) is 2.69. The second kappa shape index (κ2) is 6.82. The number of rotatable bonds is 3. The summed E-state index contributed by atoms with van der Waals surface area (Å²) in [6.45, 7) is 0.468. The van der Waals surface area contributed by atoms with Crippen molar-refractivity contribution < 1.29 is 13.6 Å². The van der Waals surface area contributed by atoms with Gasteiger partial charge in [-0.05, 0) is 37.4 Å². The molecular formula is C13H17ClF2N2O. The van der Waals surface area contributed by atoms with Gasteiger partial charge in [0.15, 0.2) is 0 Å². The minimum Gasteiger partial charge on any atom is -0.330 e. The van der Waals surface area contributed by atoms with Crippen molar-refractivity contribution in [2.45, 2.75) is 19.3 Å². The summed E-state index contributed by atoms with van der Waals surface area (Å²) in [5, 5.41) is 2.56. The first-order valence-corrected chi connectivity index (χ1v) is 6.07. The molecule has 6 heteroatoms. The largest absolute Gasteiger partial charge is 0.330 e. The molecule has 106 valence electrons. The lowest BCUT2D eigenvalue weighted by atomic mass is 9.95. The molecule has 1 aromatic rings. The van der Waals surface area contributed by atoms with E-state index < -0.39 is 11.6 Å². The van der Waals surface area contributed by atoms with E-state index in [9.17, 15) is 13.6 Å². The molecule has 0 heterocycles. The monoisotopic (exact) mass is 290 g/mol. The van der Waals surface area contributed by atoms with Gasteiger partial charge >= 0.3 is 0 Å². The number of hydrogen-bond donors (Lipinski definition) is 2. The number of carbonyl (C=O) groups excluding carboxylic acids is 1. The van der Waals surface area contributed by atoms with Crippen LogP contribution >= 0.6 is 12.4 Å². The molecule has 1 aliphatic rings. The van der Waals surface area contributed by atoms with Crippen LogP contribution in [-0.2, 0) is 4.79 Å². The molecule has 0 aromatic heterocycles. The zero-order chi connectivity index (χ0) is 13.1. The second-order valence-electron chi connectivity index (χ2n) is 4.68. The average Bonchev–Trinajstić information content (AvgIpc) is 2.75. The van der Waals surface area contributed by atoms with E-state index in [4.69, 9.17) is 5.73 Å². The minimum absolute atomic E-state index is 0. The van der Waals surface area contributed by atoms with Gasteiger partial charge in [-0.15, -0.1) is 12.4 Å². The van der Waals surface area contributed by atoms with Crippen molar-refractivity contribution in [1.82, 2.24) is 0 Å². The highest BCUT2D eigenvalue weighted by molar-refractivity contribution is 5.92. The lowest BCUT2D eigenvalue weighted by molar-refractivity contribution is -0.120. The van der Waals surface area contributed by atoms with Gasteiger partial charge in [-0.1, -0.05) is 6.42 Å². The maximum atomic E-state index is 13.0. The number of carbonyl (C=O) groups is 1. The number of nitrogens with two attached hydrogens (primary N) is 1. The SMILES string of the molecule is Cl.NC[C@H]1CCC[C@H]1C(=O)Nc1cc(F)cc(F)c1. The van der Waals surface area contributed by atoms with E-state index in [1.807, 2.05) is 0 Å². The lowest BCUT2D eigenvalue weighted by Gasteiger charge is -2.17. The molecule has 3 nitrogen and oxygen atoms in total. The number of halogens is 3. The van der Waals surface area contributed by atoms with Gasteiger partial charge in [0, 0.05) is 17.7 Å². The molecule has 2 atom stereocenters. The van der Waals surface area contributed by atoms with Crippen LogP contribution in [0.25, 0.3) is 0 Å². The summed E-state index contributed by atoms with van der Waals surface area (Å²) in [7, 11) is 0. The number of benzene rings is 1. The first kappa shape index (κ1) is 15.9. The molecule has 0 unspecified atom stereocenters. The number of hydrogen-bond acceptors (Lipinski definition) is 2. The molecular weight excluding hydrogens is 274 g/mol. The molecule has 1 amide bonds. The highest BCUT2D eigenvalue weighted by Crippen LogP contribution is 2.31. The Hall–Kier alpha value is -1.20. The van der Waals surface area contributed by atoms with Crippen LogP contribution in [0.4, 0.5) is 14.5 Å². The maximum Gasteiger partial charge on any atom is 0.227 e. The fraction of sp³-hybridized carbons (Fsp3) is 0.462. The van der Waals surface area contributed by atoms with Crippen LogP contribution in [0.3, 0.4) is 0 Å². The van der Waals surface area contributed by atoms with Crippen molar-refractivity contribution in [3.8, 4) is 0 Å². The third-order valence-corrected chi connectivity index (χ3v) is 3.43. The van der Waals surface area contributed by atoms with E-state index in [0.717, 1.165) is 37.5 Å². The van der Waals surface area contributed by atoms with E-state index in [1.54, 1.807) is 0 Å². The van der Waals surface area contributed by atoms with Gasteiger partial charge in [0.1, 0.15) is 11.6 Å². The molecule has 0 aliphatic heterocycles. The maximum absolute atomic E-state index is 13.0. The van der Waals surface area contributed by atoms with Gasteiger partial charge in [0.2, 0.25) is 5.91 Å². The van der Waals surface area contributed by atoms with E-state index in [-0.39, 0.29) is 35.8 Å². The molecule has 0 bridgehead atoms. The topological polar surface area (TPSA) is 55.1 Å². The first-order valence-electron chi connectivity index (χ1n) is 6.07. The quantitative estimate of drug-likeness (QED) is 0.899. The highest BCUT2D eigenvalue weighted by Gasteiger charge is 2.31. The number of anilines is 1. The normalized spacial score (nSPS) is 21.8. The Kier molecular flexibility index (Phi) is 5.69. The van der Waals surface area contributed by atoms with Crippen molar-refractivity contribution in [3.05, 3.63) is 29.8 Å². The van der Waals surface area contributed by atoms with Crippen LogP contribution in [0.2, 0.25) is 0 Å². The van der Waals surface area contributed by atoms with Gasteiger partial charge in [-0.25, -0.2) is 8.78 Å². The van der Waals surface area contributed by atoms with Crippen LogP contribution in [0, 0.1) is 23.5 Å². The Bertz CT molecular complexity index is 436.